The zero-order chi connectivity index (χ0) is 20.9. The van der Waals surface area contributed by atoms with E-state index in [4.69, 9.17) is 16.3 Å². The second-order valence-electron chi connectivity index (χ2n) is 7.03. The largest absolute Gasteiger partial charge is 0.492 e. The lowest BCUT2D eigenvalue weighted by Crippen LogP contribution is -2.36. The van der Waals surface area contributed by atoms with Gasteiger partial charge in [0.05, 0.1) is 11.4 Å². The number of hydrogen-bond donors (Lipinski definition) is 0. The molecule has 0 aromatic heterocycles. The number of rotatable bonds is 7. The van der Waals surface area contributed by atoms with Crippen molar-refractivity contribution >= 4 is 27.5 Å². The molecule has 0 bridgehead atoms. The number of piperidine rings is 1. The molecule has 0 N–H and O–H groups in total. The van der Waals surface area contributed by atoms with Gasteiger partial charge in [0.2, 0.25) is 10.0 Å². The number of benzene rings is 2. The summed E-state index contributed by atoms with van der Waals surface area (Å²) in [5, 5.41) is 0.582. The van der Waals surface area contributed by atoms with E-state index in [9.17, 15) is 13.2 Å². The van der Waals surface area contributed by atoms with Gasteiger partial charge in [-0.1, -0.05) is 30.2 Å². The van der Waals surface area contributed by atoms with Crippen molar-refractivity contribution < 1.29 is 17.9 Å². The third-order valence-corrected chi connectivity index (χ3v) is 7.00. The Morgan fingerprint density at radius 1 is 1.10 bits per heavy atom. The number of likely N-dealkylation sites (N-methyl/N-ethyl adjacent to an activating group) is 1. The average Bonchev–Trinajstić information content (AvgIpc) is 2.74. The molecule has 0 spiro atoms. The highest BCUT2D eigenvalue weighted by atomic mass is 35.5. The van der Waals surface area contributed by atoms with Crippen LogP contribution >= 0.6 is 11.6 Å². The van der Waals surface area contributed by atoms with E-state index >= 15 is 0 Å². The van der Waals surface area contributed by atoms with E-state index in [-0.39, 0.29) is 10.8 Å². The molecule has 1 fully saturated rings. The van der Waals surface area contributed by atoms with Crippen LogP contribution in [0.2, 0.25) is 5.02 Å². The fourth-order valence-electron chi connectivity index (χ4n) is 3.22. The van der Waals surface area contributed by atoms with Gasteiger partial charge < -0.3 is 9.64 Å². The lowest BCUT2D eigenvalue weighted by Gasteiger charge is -2.26. The summed E-state index contributed by atoms with van der Waals surface area (Å²) in [6.45, 7) is 1.71. The quantitative estimate of drug-likeness (QED) is 0.664. The molecule has 0 saturated carbocycles. The fourth-order valence-corrected chi connectivity index (χ4v) is 4.97. The van der Waals surface area contributed by atoms with Gasteiger partial charge in [0.15, 0.2) is 0 Å². The Balaban J connectivity index is 1.63. The van der Waals surface area contributed by atoms with E-state index in [0.717, 1.165) is 19.3 Å². The minimum absolute atomic E-state index is 0.161. The van der Waals surface area contributed by atoms with Gasteiger partial charge >= 0.3 is 0 Å². The molecule has 6 nitrogen and oxygen atoms in total. The van der Waals surface area contributed by atoms with Crippen molar-refractivity contribution in [3.63, 3.8) is 0 Å². The molecule has 1 aliphatic heterocycles. The highest BCUT2D eigenvalue weighted by molar-refractivity contribution is 7.89. The first kappa shape index (κ1) is 21.6. The van der Waals surface area contributed by atoms with Crippen LogP contribution in [-0.4, -0.2) is 56.8 Å². The summed E-state index contributed by atoms with van der Waals surface area (Å²) < 4.78 is 32.8. The van der Waals surface area contributed by atoms with Gasteiger partial charge in [-0.2, -0.15) is 4.31 Å². The van der Waals surface area contributed by atoms with E-state index in [1.165, 1.54) is 15.3 Å². The predicted octanol–water partition coefficient (Wildman–Crippen LogP) is 3.67. The van der Waals surface area contributed by atoms with E-state index in [1.54, 1.807) is 49.5 Å². The number of ether oxygens (including phenoxy) is 1. The number of sulfonamides is 1. The van der Waals surface area contributed by atoms with Crippen LogP contribution in [0.3, 0.4) is 0 Å². The van der Waals surface area contributed by atoms with Crippen molar-refractivity contribution in [1.29, 1.82) is 0 Å². The smallest absolute Gasteiger partial charge is 0.253 e. The number of carbonyl (C=O) groups is 1. The van der Waals surface area contributed by atoms with Gasteiger partial charge in [0.25, 0.3) is 5.91 Å². The monoisotopic (exact) mass is 436 g/mol. The molecule has 1 amide bonds. The Labute approximate surface area is 177 Å². The van der Waals surface area contributed by atoms with Crippen LogP contribution in [0.5, 0.6) is 5.75 Å². The molecule has 1 aliphatic rings. The topological polar surface area (TPSA) is 66.9 Å². The molecule has 2 aromatic rings. The lowest BCUT2D eigenvalue weighted by molar-refractivity contribution is 0.0773. The van der Waals surface area contributed by atoms with E-state index in [0.29, 0.717) is 42.6 Å². The number of carbonyl (C=O) groups excluding carboxylic acids is 1. The maximum Gasteiger partial charge on any atom is 0.253 e. The molecule has 0 unspecified atom stereocenters. The zero-order valence-corrected chi connectivity index (χ0v) is 18.0. The number of nitrogens with zero attached hydrogens (tertiary/aromatic N) is 2. The molecule has 2 aromatic carbocycles. The molecule has 0 aliphatic carbocycles. The van der Waals surface area contributed by atoms with E-state index in [1.807, 2.05) is 0 Å². The minimum atomic E-state index is -3.58. The Morgan fingerprint density at radius 3 is 2.55 bits per heavy atom. The van der Waals surface area contributed by atoms with Crippen molar-refractivity contribution in [3.05, 3.63) is 59.1 Å². The molecular formula is C21H25ClN2O4S. The van der Waals surface area contributed by atoms with E-state index < -0.39 is 10.0 Å². The van der Waals surface area contributed by atoms with Crippen molar-refractivity contribution in [2.75, 3.05) is 33.3 Å². The van der Waals surface area contributed by atoms with Crippen LogP contribution in [0.15, 0.2) is 53.4 Å². The fraction of sp³-hybridized carbons (Fsp3) is 0.381. The first-order valence-corrected chi connectivity index (χ1v) is 11.4. The Kier molecular flexibility index (Phi) is 7.16. The molecule has 0 radical (unpaired) electrons. The van der Waals surface area contributed by atoms with Crippen LogP contribution in [0.25, 0.3) is 0 Å². The van der Waals surface area contributed by atoms with Gasteiger partial charge in [-0.25, -0.2) is 8.42 Å². The first-order valence-electron chi connectivity index (χ1n) is 9.62. The second kappa shape index (κ2) is 9.61. The van der Waals surface area contributed by atoms with Gasteiger partial charge in [0.1, 0.15) is 12.4 Å². The van der Waals surface area contributed by atoms with Crippen LogP contribution in [0.4, 0.5) is 0 Å². The molecule has 0 atom stereocenters. The third kappa shape index (κ3) is 5.50. The summed E-state index contributed by atoms with van der Waals surface area (Å²) in [4.78, 5) is 14.4. The average molecular weight is 437 g/mol. The minimum Gasteiger partial charge on any atom is -0.492 e. The predicted molar refractivity (Wildman–Crippen MR) is 113 cm³/mol. The van der Waals surface area contributed by atoms with Crippen molar-refractivity contribution in [2.24, 2.45) is 0 Å². The highest BCUT2D eigenvalue weighted by Gasteiger charge is 2.26. The summed E-state index contributed by atoms with van der Waals surface area (Å²) in [5.41, 5.74) is 0.341. The molecule has 1 heterocycles. The normalized spacial score (nSPS) is 15.1. The molecular weight excluding hydrogens is 412 g/mol. The lowest BCUT2D eigenvalue weighted by atomic mass is 10.2. The van der Waals surface area contributed by atoms with Crippen molar-refractivity contribution in [3.8, 4) is 5.75 Å². The molecule has 156 valence electrons. The Morgan fingerprint density at radius 2 is 1.83 bits per heavy atom. The second-order valence-corrected chi connectivity index (χ2v) is 9.40. The van der Waals surface area contributed by atoms with Crippen LogP contribution in [-0.2, 0) is 10.0 Å². The van der Waals surface area contributed by atoms with Gasteiger partial charge in [-0.05, 0) is 49.2 Å². The number of hydrogen-bond acceptors (Lipinski definition) is 4. The number of amides is 1. The van der Waals surface area contributed by atoms with Gasteiger partial charge in [-0.3, -0.25) is 4.79 Å². The molecule has 3 rings (SSSR count). The summed E-state index contributed by atoms with van der Waals surface area (Å²) in [7, 11) is -1.91. The summed E-state index contributed by atoms with van der Waals surface area (Å²) in [6.07, 6.45) is 2.78. The molecule has 1 saturated heterocycles. The van der Waals surface area contributed by atoms with E-state index in [2.05, 4.69) is 0 Å². The maximum atomic E-state index is 12.9. The van der Waals surface area contributed by atoms with Gasteiger partial charge in [0, 0.05) is 30.7 Å². The van der Waals surface area contributed by atoms with Crippen LogP contribution < -0.4 is 4.74 Å². The summed E-state index contributed by atoms with van der Waals surface area (Å²) in [6, 6.07) is 13.3. The highest BCUT2D eigenvalue weighted by Crippen LogP contribution is 2.22. The SMILES string of the molecule is CN(CCOc1cccc(Cl)c1)C(=O)c1cccc(S(=O)(=O)N2CCCCC2)c1. The third-order valence-electron chi connectivity index (χ3n) is 4.87. The first-order chi connectivity index (χ1) is 13.9. The summed E-state index contributed by atoms with van der Waals surface area (Å²) >= 11 is 5.93. The molecule has 8 heteroatoms. The van der Waals surface area contributed by atoms with Crippen LogP contribution in [0.1, 0.15) is 29.6 Å². The van der Waals surface area contributed by atoms with Crippen molar-refractivity contribution in [2.45, 2.75) is 24.2 Å². The van der Waals surface area contributed by atoms with Crippen molar-refractivity contribution in [1.82, 2.24) is 9.21 Å². The Hall–Kier alpha value is -2.09. The Bertz CT molecular complexity index is 959. The number of halogens is 1. The molecule has 29 heavy (non-hydrogen) atoms. The summed E-state index contributed by atoms with van der Waals surface area (Å²) in [5.74, 6) is 0.378. The van der Waals surface area contributed by atoms with Gasteiger partial charge in [-0.15, -0.1) is 0 Å². The zero-order valence-electron chi connectivity index (χ0n) is 16.4. The maximum absolute atomic E-state index is 12.9. The van der Waals surface area contributed by atoms with Crippen LogP contribution in [0, 0.1) is 0 Å². The standard InChI is InChI=1S/C21H25ClN2O4S/c1-23(13-14-28-19-9-6-8-18(22)16-19)21(25)17-7-5-10-20(15-17)29(26,27)24-11-3-2-4-12-24/h5-10,15-16H,2-4,11-14H2,1H3.